The van der Waals surface area contributed by atoms with Crippen LogP contribution in [-0.2, 0) is 6.54 Å². The highest BCUT2D eigenvalue weighted by Crippen LogP contribution is 2.05. The molecule has 1 aromatic heterocycles. The largest absolute Gasteiger partial charge is 0.310 e. The lowest BCUT2D eigenvalue weighted by Crippen LogP contribution is -2.22. The van der Waals surface area contributed by atoms with Gasteiger partial charge in [-0.25, -0.2) is 9.97 Å². The Morgan fingerprint density at radius 1 is 1.21 bits per heavy atom. The summed E-state index contributed by atoms with van der Waals surface area (Å²) in [7, 11) is 0. The van der Waals surface area contributed by atoms with E-state index < -0.39 is 0 Å². The van der Waals surface area contributed by atoms with E-state index in [1.807, 2.05) is 6.07 Å². The number of nitrogens with one attached hydrogen (secondary N) is 1. The van der Waals surface area contributed by atoms with Gasteiger partial charge in [-0.1, -0.05) is 26.7 Å². The zero-order valence-electron chi connectivity index (χ0n) is 9.03. The molecule has 3 heteroatoms. The van der Waals surface area contributed by atoms with Crippen LogP contribution in [0.2, 0.25) is 0 Å². The van der Waals surface area contributed by atoms with Crippen LogP contribution in [0.4, 0.5) is 0 Å². The smallest absolute Gasteiger partial charge is 0.141 e. The lowest BCUT2D eigenvalue weighted by atomic mass is 10.0. The van der Waals surface area contributed by atoms with Crippen LogP contribution in [0.1, 0.15) is 32.5 Å². The van der Waals surface area contributed by atoms with Crippen LogP contribution >= 0.6 is 0 Å². The standard InChI is InChI=1S/C11H19N3/c1-3-10(4-2)8-12-9-11-13-6-5-7-14-11/h5-7,10,12H,3-4,8-9H2,1-2H3. The van der Waals surface area contributed by atoms with Gasteiger partial charge in [0.05, 0.1) is 6.54 Å². The molecular formula is C11H19N3. The number of aromatic nitrogens is 2. The first-order chi connectivity index (χ1) is 6.86. The Hall–Kier alpha value is -0.960. The lowest BCUT2D eigenvalue weighted by molar-refractivity contribution is 0.446. The first-order valence-corrected chi connectivity index (χ1v) is 5.33. The van der Waals surface area contributed by atoms with E-state index in [2.05, 4.69) is 29.1 Å². The van der Waals surface area contributed by atoms with E-state index in [-0.39, 0.29) is 0 Å². The average Bonchev–Trinajstić information content (AvgIpc) is 2.26. The molecule has 1 rings (SSSR count). The summed E-state index contributed by atoms with van der Waals surface area (Å²) in [6, 6.07) is 1.84. The van der Waals surface area contributed by atoms with Crippen molar-refractivity contribution in [2.75, 3.05) is 6.54 Å². The van der Waals surface area contributed by atoms with Crippen molar-refractivity contribution in [1.29, 1.82) is 0 Å². The van der Waals surface area contributed by atoms with Gasteiger partial charge in [-0.05, 0) is 18.5 Å². The molecule has 78 valence electrons. The van der Waals surface area contributed by atoms with Gasteiger partial charge >= 0.3 is 0 Å². The van der Waals surface area contributed by atoms with Crippen molar-refractivity contribution in [3.8, 4) is 0 Å². The Balaban J connectivity index is 2.21. The van der Waals surface area contributed by atoms with E-state index in [1.165, 1.54) is 12.8 Å². The van der Waals surface area contributed by atoms with Gasteiger partial charge in [-0.2, -0.15) is 0 Å². The highest BCUT2D eigenvalue weighted by Gasteiger charge is 2.02. The maximum absolute atomic E-state index is 4.15. The Labute approximate surface area is 86.0 Å². The molecule has 0 amide bonds. The molecule has 0 bridgehead atoms. The lowest BCUT2D eigenvalue weighted by Gasteiger charge is -2.12. The van der Waals surface area contributed by atoms with Crippen molar-refractivity contribution >= 4 is 0 Å². The van der Waals surface area contributed by atoms with Gasteiger partial charge in [-0.3, -0.25) is 0 Å². The van der Waals surface area contributed by atoms with Crippen LogP contribution in [0, 0.1) is 5.92 Å². The van der Waals surface area contributed by atoms with Crippen LogP contribution in [-0.4, -0.2) is 16.5 Å². The Kier molecular flexibility index (Phi) is 5.15. The molecule has 1 aromatic rings. The Bertz CT molecular complexity index is 232. The second kappa shape index (κ2) is 6.49. The van der Waals surface area contributed by atoms with E-state index in [9.17, 15) is 0 Å². The van der Waals surface area contributed by atoms with E-state index >= 15 is 0 Å². The minimum absolute atomic E-state index is 0.775. The molecule has 1 N–H and O–H groups in total. The first-order valence-electron chi connectivity index (χ1n) is 5.33. The van der Waals surface area contributed by atoms with Crippen LogP contribution in [0.25, 0.3) is 0 Å². The summed E-state index contributed by atoms with van der Waals surface area (Å²) < 4.78 is 0. The monoisotopic (exact) mass is 193 g/mol. The summed E-state index contributed by atoms with van der Waals surface area (Å²) in [4.78, 5) is 8.31. The molecule has 0 aliphatic rings. The maximum Gasteiger partial charge on any atom is 0.141 e. The molecule has 0 spiro atoms. The molecule has 0 atom stereocenters. The minimum Gasteiger partial charge on any atom is -0.310 e. The molecule has 14 heavy (non-hydrogen) atoms. The fraction of sp³-hybridized carbons (Fsp3) is 0.636. The quantitative estimate of drug-likeness (QED) is 0.751. The highest BCUT2D eigenvalue weighted by molar-refractivity contribution is 4.87. The third-order valence-corrected chi connectivity index (χ3v) is 2.49. The fourth-order valence-corrected chi connectivity index (χ4v) is 1.39. The van der Waals surface area contributed by atoms with Crippen molar-refractivity contribution in [3.05, 3.63) is 24.3 Å². The van der Waals surface area contributed by atoms with E-state index in [1.54, 1.807) is 12.4 Å². The summed E-state index contributed by atoms with van der Waals surface area (Å²) >= 11 is 0. The molecule has 0 radical (unpaired) electrons. The molecule has 0 unspecified atom stereocenters. The maximum atomic E-state index is 4.15. The second-order valence-electron chi connectivity index (χ2n) is 3.48. The SMILES string of the molecule is CCC(CC)CNCc1ncccn1. The fourth-order valence-electron chi connectivity index (χ4n) is 1.39. The molecular weight excluding hydrogens is 174 g/mol. The van der Waals surface area contributed by atoms with Crippen LogP contribution < -0.4 is 5.32 Å². The predicted octanol–water partition coefficient (Wildman–Crippen LogP) is 2.00. The van der Waals surface area contributed by atoms with Gasteiger partial charge in [0.1, 0.15) is 5.82 Å². The number of nitrogens with zero attached hydrogens (tertiary/aromatic N) is 2. The molecule has 0 saturated heterocycles. The van der Waals surface area contributed by atoms with Crippen molar-refractivity contribution in [3.63, 3.8) is 0 Å². The third kappa shape index (κ3) is 3.83. The van der Waals surface area contributed by atoms with E-state index in [0.717, 1.165) is 24.8 Å². The van der Waals surface area contributed by atoms with E-state index in [4.69, 9.17) is 0 Å². The van der Waals surface area contributed by atoms with Gasteiger partial charge in [0.2, 0.25) is 0 Å². The van der Waals surface area contributed by atoms with Crippen molar-refractivity contribution in [2.24, 2.45) is 5.92 Å². The van der Waals surface area contributed by atoms with Crippen molar-refractivity contribution in [2.45, 2.75) is 33.2 Å². The topological polar surface area (TPSA) is 37.8 Å². The van der Waals surface area contributed by atoms with Crippen molar-refractivity contribution in [1.82, 2.24) is 15.3 Å². The molecule has 3 nitrogen and oxygen atoms in total. The number of hydrogen-bond acceptors (Lipinski definition) is 3. The van der Waals surface area contributed by atoms with Gasteiger partial charge in [-0.15, -0.1) is 0 Å². The van der Waals surface area contributed by atoms with Gasteiger partial charge in [0.15, 0.2) is 0 Å². The van der Waals surface area contributed by atoms with Gasteiger partial charge in [0.25, 0.3) is 0 Å². The molecule has 1 heterocycles. The van der Waals surface area contributed by atoms with Crippen molar-refractivity contribution < 1.29 is 0 Å². The Morgan fingerprint density at radius 3 is 2.43 bits per heavy atom. The van der Waals surface area contributed by atoms with Crippen LogP contribution in [0.3, 0.4) is 0 Å². The normalized spacial score (nSPS) is 10.8. The molecule has 0 aliphatic heterocycles. The van der Waals surface area contributed by atoms with Gasteiger partial charge < -0.3 is 5.32 Å². The molecule has 0 fully saturated rings. The first kappa shape index (κ1) is 11.1. The summed E-state index contributed by atoms with van der Waals surface area (Å²) in [5.41, 5.74) is 0. The number of rotatable bonds is 6. The predicted molar refractivity (Wildman–Crippen MR) is 57.8 cm³/mol. The minimum atomic E-state index is 0.775. The Morgan fingerprint density at radius 2 is 1.86 bits per heavy atom. The highest BCUT2D eigenvalue weighted by atomic mass is 15.0. The summed E-state index contributed by atoms with van der Waals surface area (Å²) in [5.74, 6) is 1.65. The summed E-state index contributed by atoms with van der Waals surface area (Å²) in [6.45, 7) is 6.30. The second-order valence-corrected chi connectivity index (χ2v) is 3.48. The zero-order chi connectivity index (χ0) is 10.2. The van der Waals surface area contributed by atoms with E-state index in [0.29, 0.717) is 0 Å². The van der Waals surface area contributed by atoms with Crippen LogP contribution in [0.15, 0.2) is 18.5 Å². The molecule has 0 aliphatic carbocycles. The van der Waals surface area contributed by atoms with Gasteiger partial charge in [0, 0.05) is 12.4 Å². The van der Waals surface area contributed by atoms with Crippen LogP contribution in [0.5, 0.6) is 0 Å². The zero-order valence-corrected chi connectivity index (χ0v) is 9.03. The summed E-state index contributed by atoms with van der Waals surface area (Å²) in [5, 5.41) is 3.38. The third-order valence-electron chi connectivity index (χ3n) is 2.49. The number of hydrogen-bond donors (Lipinski definition) is 1. The molecule has 0 saturated carbocycles. The summed E-state index contributed by atoms with van der Waals surface area (Å²) in [6.07, 6.45) is 6.03. The molecule has 0 aromatic carbocycles. The average molecular weight is 193 g/mol.